The van der Waals surface area contributed by atoms with E-state index in [0.29, 0.717) is 29.8 Å². The van der Waals surface area contributed by atoms with Crippen LogP contribution in [0.4, 0.5) is 10.1 Å². The van der Waals surface area contributed by atoms with E-state index in [0.717, 1.165) is 79.2 Å². The van der Waals surface area contributed by atoms with Gasteiger partial charge < -0.3 is 19.5 Å². The minimum absolute atomic E-state index is 0.160. The van der Waals surface area contributed by atoms with Gasteiger partial charge >= 0.3 is 0 Å². The van der Waals surface area contributed by atoms with Gasteiger partial charge in [0, 0.05) is 49.4 Å². The average Bonchev–Trinajstić information content (AvgIpc) is 3.67. The first-order valence-corrected chi connectivity index (χ1v) is 14.0. The molecule has 0 amide bonds. The highest BCUT2D eigenvalue weighted by molar-refractivity contribution is 5.98. The summed E-state index contributed by atoms with van der Waals surface area (Å²) in [4.78, 5) is 17.5. The van der Waals surface area contributed by atoms with Gasteiger partial charge in [-0.25, -0.2) is 9.37 Å². The number of aromatic nitrogens is 2. The maximum absolute atomic E-state index is 14.4. The normalized spacial score (nSPS) is 15.8. The number of carbonyl (C=O) groups excluding carboxylic acids is 1. The lowest BCUT2D eigenvalue weighted by Crippen LogP contribution is -2.22. The first-order chi connectivity index (χ1) is 19.5. The lowest BCUT2D eigenvalue weighted by Gasteiger charge is -2.23. The summed E-state index contributed by atoms with van der Waals surface area (Å²) in [5.74, 6) is 1.85. The summed E-state index contributed by atoms with van der Waals surface area (Å²) >= 11 is 0. The molecule has 2 aromatic carbocycles. The van der Waals surface area contributed by atoms with Gasteiger partial charge in [0.25, 0.3) is 0 Å². The third kappa shape index (κ3) is 5.68. The lowest BCUT2D eigenvalue weighted by atomic mass is 9.98. The van der Waals surface area contributed by atoms with Crippen molar-refractivity contribution in [1.29, 1.82) is 0 Å². The van der Waals surface area contributed by atoms with Crippen LogP contribution in [0.2, 0.25) is 0 Å². The van der Waals surface area contributed by atoms with Gasteiger partial charge in [0.05, 0.1) is 30.9 Å². The van der Waals surface area contributed by atoms with Crippen molar-refractivity contribution in [3.63, 3.8) is 0 Å². The number of anilines is 1. The van der Waals surface area contributed by atoms with Gasteiger partial charge in [0.1, 0.15) is 11.5 Å². The van der Waals surface area contributed by atoms with Crippen LogP contribution in [0.1, 0.15) is 48.0 Å². The summed E-state index contributed by atoms with van der Waals surface area (Å²) < 4.78 is 33.1. The van der Waals surface area contributed by atoms with Crippen molar-refractivity contribution in [1.82, 2.24) is 9.38 Å². The highest BCUT2D eigenvalue weighted by atomic mass is 19.1. The number of methoxy groups -OCH3 is 1. The molecular formula is C32H34FN3O4. The number of ether oxygens (including phenoxy) is 3. The Morgan fingerprint density at radius 3 is 2.62 bits per heavy atom. The van der Waals surface area contributed by atoms with Crippen LogP contribution in [0, 0.1) is 24.6 Å². The molecule has 1 saturated heterocycles. The molecule has 1 N–H and O–H groups in total. The first-order valence-electron chi connectivity index (χ1n) is 14.0. The topological polar surface area (TPSA) is 74.1 Å². The average molecular weight is 544 g/mol. The van der Waals surface area contributed by atoms with E-state index in [2.05, 4.69) is 5.32 Å². The minimum atomic E-state index is -0.492. The van der Waals surface area contributed by atoms with Crippen molar-refractivity contribution >= 4 is 17.1 Å². The fourth-order valence-corrected chi connectivity index (χ4v) is 5.34. The van der Waals surface area contributed by atoms with Crippen LogP contribution in [0.15, 0.2) is 54.9 Å². The van der Waals surface area contributed by atoms with Crippen molar-refractivity contribution in [3.05, 3.63) is 71.8 Å². The molecule has 2 aromatic heterocycles. The van der Waals surface area contributed by atoms with Crippen molar-refractivity contribution in [3.8, 4) is 28.5 Å². The molecule has 2 fully saturated rings. The number of fused-ring (bicyclic) bond motifs is 1. The minimum Gasteiger partial charge on any atom is -0.494 e. The number of hydrogen-bond donors (Lipinski definition) is 1. The Labute approximate surface area is 233 Å². The Morgan fingerprint density at radius 1 is 1.07 bits per heavy atom. The Hall–Kier alpha value is -3.91. The zero-order valence-electron chi connectivity index (χ0n) is 22.9. The molecular weight excluding hydrogens is 509 g/mol. The Bertz CT molecular complexity index is 1540. The molecule has 4 aromatic rings. The van der Waals surface area contributed by atoms with Crippen LogP contribution < -0.4 is 14.8 Å². The van der Waals surface area contributed by atoms with Crippen LogP contribution in [-0.2, 0) is 4.74 Å². The third-order valence-corrected chi connectivity index (χ3v) is 7.86. The number of imidazole rings is 1. The SMILES string of the molecule is COc1ccc(Oc2cc(NCC3CCOCC3)c3ncc(-c4ccc(C(=O)CC5CC5)c(C)c4)n3c2)cc1F. The predicted molar refractivity (Wildman–Crippen MR) is 152 cm³/mol. The van der Waals surface area contributed by atoms with Crippen molar-refractivity contribution in [2.24, 2.45) is 11.8 Å². The van der Waals surface area contributed by atoms with Crippen molar-refractivity contribution < 1.29 is 23.4 Å². The summed E-state index contributed by atoms with van der Waals surface area (Å²) in [6.07, 6.45) is 8.66. The third-order valence-electron chi connectivity index (χ3n) is 7.86. The van der Waals surface area contributed by atoms with Crippen LogP contribution in [0.5, 0.6) is 17.2 Å². The number of rotatable bonds is 10. The Balaban J connectivity index is 1.34. The number of halogens is 1. The standard InChI is InChI=1S/C32H34FN3O4/c1-20-13-23(5-7-26(20)30(37)14-21-3-4-21)29-18-35-32-28(34-17-22-9-11-39-12-10-22)16-25(19-36(29)32)40-24-6-8-31(38-2)27(33)15-24/h5-8,13,15-16,18-19,21-22,34H,3-4,9-12,14,17H2,1-2H3. The van der Waals surface area contributed by atoms with Gasteiger partial charge in [-0.3, -0.25) is 9.20 Å². The number of aryl methyl sites for hydroxylation is 1. The van der Waals surface area contributed by atoms with Gasteiger partial charge in [-0.1, -0.05) is 12.1 Å². The van der Waals surface area contributed by atoms with Gasteiger partial charge in [0.2, 0.25) is 0 Å². The Morgan fingerprint density at radius 2 is 1.90 bits per heavy atom. The van der Waals surface area contributed by atoms with Crippen LogP contribution in [0.3, 0.4) is 0 Å². The number of Topliss-reactive ketones (excluding diaryl/α,β-unsaturated/α-hetero) is 1. The van der Waals surface area contributed by atoms with E-state index < -0.39 is 5.82 Å². The molecule has 0 unspecified atom stereocenters. The predicted octanol–water partition coefficient (Wildman–Crippen LogP) is 7.07. The zero-order chi connectivity index (χ0) is 27.6. The molecule has 7 nitrogen and oxygen atoms in total. The van der Waals surface area contributed by atoms with Crippen LogP contribution in [-0.4, -0.2) is 42.0 Å². The second-order valence-corrected chi connectivity index (χ2v) is 10.9. The highest BCUT2D eigenvalue weighted by Gasteiger charge is 2.26. The van der Waals surface area contributed by atoms with Gasteiger partial charge in [-0.2, -0.15) is 0 Å². The van der Waals surface area contributed by atoms with E-state index in [-0.39, 0.29) is 11.5 Å². The molecule has 0 bridgehead atoms. The number of pyridine rings is 1. The maximum Gasteiger partial charge on any atom is 0.168 e. The summed E-state index contributed by atoms with van der Waals surface area (Å²) in [6.45, 7) is 4.33. The second-order valence-electron chi connectivity index (χ2n) is 10.9. The number of carbonyl (C=O) groups is 1. The monoisotopic (exact) mass is 543 g/mol. The fraction of sp³-hybridized carbons (Fsp3) is 0.375. The molecule has 40 heavy (non-hydrogen) atoms. The molecule has 0 spiro atoms. The molecule has 208 valence electrons. The van der Waals surface area contributed by atoms with E-state index in [4.69, 9.17) is 19.2 Å². The van der Waals surface area contributed by atoms with Gasteiger partial charge in [-0.05, 0) is 68.2 Å². The van der Waals surface area contributed by atoms with E-state index in [1.54, 1.807) is 12.1 Å². The number of benzene rings is 2. The number of hydrogen-bond acceptors (Lipinski definition) is 6. The largest absolute Gasteiger partial charge is 0.494 e. The van der Waals surface area contributed by atoms with Crippen LogP contribution in [0.25, 0.3) is 16.9 Å². The summed E-state index contributed by atoms with van der Waals surface area (Å²) in [6, 6.07) is 12.4. The molecule has 1 aliphatic carbocycles. The molecule has 0 radical (unpaired) electrons. The molecule has 3 heterocycles. The summed E-state index contributed by atoms with van der Waals surface area (Å²) in [7, 11) is 1.43. The second kappa shape index (κ2) is 11.3. The maximum atomic E-state index is 14.4. The number of ketones is 1. The smallest absolute Gasteiger partial charge is 0.168 e. The Kier molecular flexibility index (Phi) is 7.43. The fourth-order valence-electron chi connectivity index (χ4n) is 5.34. The molecule has 1 saturated carbocycles. The summed E-state index contributed by atoms with van der Waals surface area (Å²) in [5, 5.41) is 3.58. The van der Waals surface area contributed by atoms with E-state index in [1.165, 1.54) is 13.2 Å². The van der Waals surface area contributed by atoms with Crippen molar-refractivity contribution in [2.75, 3.05) is 32.2 Å². The molecule has 8 heteroatoms. The van der Waals surface area contributed by atoms with Crippen LogP contribution >= 0.6 is 0 Å². The molecule has 6 rings (SSSR count). The van der Waals surface area contributed by atoms with E-state index in [1.807, 2.05) is 48.0 Å². The molecule has 2 aliphatic rings. The highest BCUT2D eigenvalue weighted by Crippen LogP contribution is 2.35. The quantitative estimate of drug-likeness (QED) is 0.216. The van der Waals surface area contributed by atoms with Gasteiger partial charge in [0.15, 0.2) is 23.0 Å². The number of nitrogens with one attached hydrogen (secondary N) is 1. The van der Waals surface area contributed by atoms with E-state index in [9.17, 15) is 9.18 Å². The summed E-state index contributed by atoms with van der Waals surface area (Å²) in [5.41, 5.74) is 5.17. The zero-order valence-corrected chi connectivity index (χ0v) is 22.9. The van der Waals surface area contributed by atoms with E-state index >= 15 is 0 Å². The molecule has 1 aliphatic heterocycles. The number of nitrogens with zero attached hydrogens (tertiary/aromatic N) is 2. The van der Waals surface area contributed by atoms with Crippen molar-refractivity contribution in [2.45, 2.75) is 39.0 Å². The van der Waals surface area contributed by atoms with Gasteiger partial charge in [-0.15, -0.1) is 0 Å². The molecule has 0 atom stereocenters. The lowest BCUT2D eigenvalue weighted by molar-refractivity contribution is 0.0699. The first kappa shape index (κ1) is 26.3.